The van der Waals surface area contributed by atoms with Crippen molar-refractivity contribution in [1.29, 1.82) is 0 Å². The molecule has 0 radical (unpaired) electrons. The van der Waals surface area contributed by atoms with E-state index in [2.05, 4.69) is 5.32 Å². The van der Waals surface area contributed by atoms with Gasteiger partial charge in [-0.25, -0.2) is 4.79 Å². The van der Waals surface area contributed by atoms with Crippen LogP contribution in [0.1, 0.15) is 25.3 Å². The molecule has 22 heavy (non-hydrogen) atoms. The zero-order valence-electron chi connectivity index (χ0n) is 13.4. The van der Waals surface area contributed by atoms with Gasteiger partial charge < -0.3 is 20.1 Å². The lowest BCUT2D eigenvalue weighted by Crippen LogP contribution is -2.46. The Hall–Kier alpha value is -1.75. The number of ether oxygens (including phenoxy) is 1. The fraction of sp³-hybridized carbons (Fsp3) is 0.588. The molecule has 0 aromatic heterocycles. The fourth-order valence-corrected chi connectivity index (χ4v) is 2.91. The highest BCUT2D eigenvalue weighted by Crippen LogP contribution is 2.20. The van der Waals surface area contributed by atoms with Crippen molar-refractivity contribution >= 4 is 6.03 Å². The smallest absolute Gasteiger partial charge is 0.317 e. The van der Waals surface area contributed by atoms with Gasteiger partial charge in [-0.1, -0.05) is 18.2 Å². The van der Waals surface area contributed by atoms with Crippen molar-refractivity contribution in [2.45, 2.75) is 32.3 Å². The van der Waals surface area contributed by atoms with Gasteiger partial charge in [0.15, 0.2) is 0 Å². The number of benzene rings is 1. The maximum Gasteiger partial charge on any atom is 0.317 e. The van der Waals surface area contributed by atoms with Crippen LogP contribution in [0.4, 0.5) is 4.79 Å². The number of likely N-dealkylation sites (tertiary alicyclic amines) is 1. The highest BCUT2D eigenvalue weighted by molar-refractivity contribution is 5.74. The van der Waals surface area contributed by atoms with Crippen LogP contribution in [0.3, 0.4) is 0 Å². The number of aliphatic hydroxyl groups excluding tert-OH is 1. The van der Waals surface area contributed by atoms with Crippen molar-refractivity contribution in [3.8, 4) is 5.75 Å². The van der Waals surface area contributed by atoms with Gasteiger partial charge in [0.25, 0.3) is 0 Å². The zero-order chi connectivity index (χ0) is 15.9. The molecule has 0 bridgehead atoms. The Morgan fingerprint density at radius 1 is 1.41 bits per heavy atom. The van der Waals surface area contributed by atoms with Crippen molar-refractivity contribution < 1.29 is 14.6 Å². The van der Waals surface area contributed by atoms with Gasteiger partial charge in [0, 0.05) is 19.6 Å². The van der Waals surface area contributed by atoms with Crippen LogP contribution in [0.15, 0.2) is 24.3 Å². The minimum atomic E-state index is -0.282. The minimum Gasteiger partial charge on any atom is -0.496 e. The summed E-state index contributed by atoms with van der Waals surface area (Å²) < 4.78 is 5.31. The van der Waals surface area contributed by atoms with E-state index in [4.69, 9.17) is 4.74 Å². The number of amides is 2. The third-order valence-corrected chi connectivity index (χ3v) is 4.37. The van der Waals surface area contributed by atoms with E-state index in [1.54, 1.807) is 7.11 Å². The predicted octanol–water partition coefficient (Wildman–Crippen LogP) is 2.04. The van der Waals surface area contributed by atoms with Gasteiger partial charge in [-0.05, 0) is 43.7 Å². The summed E-state index contributed by atoms with van der Waals surface area (Å²) in [5, 5.41) is 12.6. The van der Waals surface area contributed by atoms with Crippen LogP contribution in [0.2, 0.25) is 0 Å². The van der Waals surface area contributed by atoms with E-state index < -0.39 is 0 Å². The number of hydrogen-bond donors (Lipinski definition) is 2. The number of nitrogens with zero attached hydrogens (tertiary/aromatic N) is 1. The van der Waals surface area contributed by atoms with Gasteiger partial charge in [0.1, 0.15) is 5.75 Å². The van der Waals surface area contributed by atoms with Crippen molar-refractivity contribution in [2.75, 3.05) is 26.7 Å². The monoisotopic (exact) mass is 306 g/mol. The topological polar surface area (TPSA) is 61.8 Å². The Labute approximate surface area is 132 Å². The molecule has 2 N–H and O–H groups in total. The minimum absolute atomic E-state index is 0.0149. The Balaban J connectivity index is 1.74. The highest BCUT2D eigenvalue weighted by Gasteiger charge is 2.25. The molecule has 2 amide bonds. The number of piperidine rings is 1. The quantitative estimate of drug-likeness (QED) is 0.875. The van der Waals surface area contributed by atoms with Crippen molar-refractivity contribution in [1.82, 2.24) is 10.2 Å². The van der Waals surface area contributed by atoms with Crippen molar-refractivity contribution in [3.05, 3.63) is 29.8 Å². The summed E-state index contributed by atoms with van der Waals surface area (Å²) in [6.07, 6.45) is 2.21. The molecule has 0 aliphatic carbocycles. The number of para-hydroxylation sites is 1. The van der Waals surface area contributed by atoms with E-state index in [0.717, 1.165) is 43.7 Å². The second-order valence-electron chi connectivity index (χ2n) is 5.86. The summed E-state index contributed by atoms with van der Waals surface area (Å²) in [6, 6.07) is 7.84. The van der Waals surface area contributed by atoms with E-state index in [1.807, 2.05) is 36.1 Å². The second-order valence-corrected chi connectivity index (χ2v) is 5.86. The average Bonchev–Trinajstić information content (AvgIpc) is 2.55. The number of carbonyl (C=O) groups excluding carboxylic acids is 1. The summed E-state index contributed by atoms with van der Waals surface area (Å²) in [4.78, 5) is 14.0. The molecule has 0 spiro atoms. The van der Waals surface area contributed by atoms with E-state index >= 15 is 0 Å². The Morgan fingerprint density at radius 2 is 2.09 bits per heavy atom. The molecule has 1 aromatic carbocycles. The first-order chi connectivity index (χ1) is 10.6. The summed E-state index contributed by atoms with van der Waals surface area (Å²) in [5.74, 6) is 1.17. The third-order valence-electron chi connectivity index (χ3n) is 4.37. The van der Waals surface area contributed by atoms with Crippen molar-refractivity contribution in [3.63, 3.8) is 0 Å². The van der Waals surface area contributed by atoms with Crippen LogP contribution in [-0.4, -0.2) is 48.9 Å². The molecule has 1 saturated heterocycles. The highest BCUT2D eigenvalue weighted by atomic mass is 16.5. The number of methoxy groups -OCH3 is 1. The Bertz CT molecular complexity index is 483. The number of rotatable bonds is 5. The molecule has 1 aliphatic rings. The molecule has 1 unspecified atom stereocenters. The van der Waals surface area contributed by atoms with Gasteiger partial charge >= 0.3 is 6.03 Å². The van der Waals surface area contributed by atoms with Crippen LogP contribution < -0.4 is 10.1 Å². The number of urea groups is 1. The predicted molar refractivity (Wildman–Crippen MR) is 86.1 cm³/mol. The Kier molecular flexibility index (Phi) is 6.07. The van der Waals surface area contributed by atoms with Gasteiger partial charge in [-0.2, -0.15) is 0 Å². The van der Waals surface area contributed by atoms with Crippen molar-refractivity contribution in [2.24, 2.45) is 5.92 Å². The molecule has 1 heterocycles. The lowest BCUT2D eigenvalue weighted by atomic mass is 9.92. The van der Waals surface area contributed by atoms with E-state index in [9.17, 15) is 9.90 Å². The number of aliphatic hydroxyl groups is 1. The number of carbonyl (C=O) groups is 1. The van der Waals surface area contributed by atoms with Gasteiger partial charge in [-0.3, -0.25) is 0 Å². The van der Waals surface area contributed by atoms with Crippen LogP contribution in [0.25, 0.3) is 0 Å². The summed E-state index contributed by atoms with van der Waals surface area (Å²) in [7, 11) is 1.66. The summed E-state index contributed by atoms with van der Waals surface area (Å²) >= 11 is 0. The molecule has 1 atom stereocenters. The summed E-state index contributed by atoms with van der Waals surface area (Å²) in [5.41, 5.74) is 1.10. The van der Waals surface area contributed by atoms with E-state index in [-0.39, 0.29) is 12.1 Å². The zero-order valence-corrected chi connectivity index (χ0v) is 13.4. The standard InChI is InChI=1S/C17H26N2O3/c1-13(20)14-8-11-19(12-9-14)17(21)18-10-7-15-5-3-4-6-16(15)22-2/h3-6,13-14,20H,7-12H2,1-2H3,(H,18,21). The first-order valence-electron chi connectivity index (χ1n) is 7.94. The molecule has 1 aromatic rings. The first kappa shape index (κ1) is 16.6. The van der Waals surface area contributed by atoms with Gasteiger partial charge in [0.05, 0.1) is 13.2 Å². The number of nitrogens with one attached hydrogen (secondary N) is 1. The molecule has 1 fully saturated rings. The second kappa shape index (κ2) is 8.03. The van der Waals surface area contributed by atoms with Gasteiger partial charge in [0.2, 0.25) is 0 Å². The van der Waals surface area contributed by atoms with E-state index in [0.29, 0.717) is 12.5 Å². The van der Waals surface area contributed by atoms with Crippen LogP contribution in [0.5, 0.6) is 5.75 Å². The molecule has 5 heteroatoms. The molecule has 5 nitrogen and oxygen atoms in total. The maximum absolute atomic E-state index is 12.1. The van der Waals surface area contributed by atoms with Crippen LogP contribution >= 0.6 is 0 Å². The largest absolute Gasteiger partial charge is 0.496 e. The average molecular weight is 306 g/mol. The third kappa shape index (κ3) is 4.37. The molecular weight excluding hydrogens is 280 g/mol. The van der Waals surface area contributed by atoms with Gasteiger partial charge in [-0.15, -0.1) is 0 Å². The molecule has 1 aliphatic heterocycles. The Morgan fingerprint density at radius 3 is 2.73 bits per heavy atom. The summed E-state index contributed by atoms with van der Waals surface area (Å²) in [6.45, 7) is 3.86. The fourth-order valence-electron chi connectivity index (χ4n) is 2.91. The van der Waals surface area contributed by atoms with E-state index in [1.165, 1.54) is 0 Å². The molecule has 0 saturated carbocycles. The van der Waals surface area contributed by atoms with Crippen LogP contribution in [0, 0.1) is 5.92 Å². The molecule has 2 rings (SSSR count). The van der Waals surface area contributed by atoms with Crippen LogP contribution in [-0.2, 0) is 6.42 Å². The first-order valence-corrected chi connectivity index (χ1v) is 7.94. The molecule has 122 valence electrons. The number of hydrogen-bond acceptors (Lipinski definition) is 3. The molecular formula is C17H26N2O3. The lowest BCUT2D eigenvalue weighted by Gasteiger charge is -2.33. The maximum atomic E-state index is 12.1. The SMILES string of the molecule is COc1ccccc1CCNC(=O)N1CCC(C(C)O)CC1. The normalized spacial score (nSPS) is 17.1. The lowest BCUT2D eigenvalue weighted by molar-refractivity contribution is 0.0799.